The van der Waals surface area contributed by atoms with Crippen LogP contribution in [0.5, 0.6) is 0 Å². The summed E-state index contributed by atoms with van der Waals surface area (Å²) < 4.78 is 14.1. The van der Waals surface area contributed by atoms with Crippen molar-refractivity contribution in [1.82, 2.24) is 4.90 Å². The summed E-state index contributed by atoms with van der Waals surface area (Å²) in [7, 11) is 0. The van der Waals surface area contributed by atoms with Gasteiger partial charge in [-0.25, -0.2) is 4.39 Å². The number of benzene rings is 1. The Labute approximate surface area is 136 Å². The predicted octanol–water partition coefficient (Wildman–Crippen LogP) is 4.31. The topological polar surface area (TPSA) is 29.3 Å². The van der Waals surface area contributed by atoms with Crippen LogP contribution in [-0.2, 0) is 6.54 Å². The predicted molar refractivity (Wildman–Crippen MR) is 88.8 cm³/mol. The summed E-state index contributed by atoms with van der Waals surface area (Å²) in [5.41, 5.74) is 7.13. The van der Waals surface area contributed by atoms with Crippen molar-refractivity contribution in [2.24, 2.45) is 5.73 Å². The average molecular weight is 369 g/mol. The molecule has 1 aromatic carbocycles. The van der Waals surface area contributed by atoms with Crippen molar-refractivity contribution in [3.8, 4) is 0 Å². The zero-order chi connectivity index (χ0) is 14.8. The molecule has 5 heteroatoms. The minimum Gasteiger partial charge on any atom is -0.329 e. The van der Waals surface area contributed by atoms with Crippen molar-refractivity contribution in [2.75, 3.05) is 6.54 Å². The molecule has 2 aromatic rings. The zero-order valence-electron chi connectivity index (χ0n) is 11.6. The molecule has 3 rings (SSSR count). The summed E-state index contributed by atoms with van der Waals surface area (Å²) in [4.78, 5) is 3.81. The molecule has 1 heterocycles. The third-order valence-corrected chi connectivity index (χ3v) is 5.43. The summed E-state index contributed by atoms with van der Waals surface area (Å²) in [5.74, 6) is -0.224. The standard InChI is InChI=1S/C16H18BrFN2S/c17-15-8-11(18)3-6-14(15)16(9-19)20(12-4-5-12)10-13-2-1-7-21-13/h1-3,6-8,12,16H,4-5,9-10,19H2. The van der Waals surface area contributed by atoms with E-state index in [1.54, 1.807) is 11.3 Å². The first-order valence-electron chi connectivity index (χ1n) is 7.12. The van der Waals surface area contributed by atoms with Gasteiger partial charge in [0.1, 0.15) is 5.82 Å². The Morgan fingerprint density at radius 2 is 2.19 bits per heavy atom. The molecule has 0 spiro atoms. The largest absolute Gasteiger partial charge is 0.329 e. The molecule has 0 saturated heterocycles. The Balaban J connectivity index is 1.88. The second-order valence-electron chi connectivity index (χ2n) is 5.40. The summed E-state index contributed by atoms with van der Waals surface area (Å²) in [6.45, 7) is 1.44. The molecular formula is C16H18BrFN2S. The van der Waals surface area contributed by atoms with Crippen molar-refractivity contribution >= 4 is 27.3 Å². The molecule has 0 radical (unpaired) electrons. The fourth-order valence-electron chi connectivity index (χ4n) is 2.70. The normalized spacial score (nSPS) is 16.4. The SMILES string of the molecule is NCC(c1ccc(F)cc1Br)N(Cc1cccs1)C1CC1. The van der Waals surface area contributed by atoms with Gasteiger partial charge in [0.15, 0.2) is 0 Å². The molecular weight excluding hydrogens is 351 g/mol. The van der Waals surface area contributed by atoms with Crippen molar-refractivity contribution in [1.29, 1.82) is 0 Å². The van der Waals surface area contributed by atoms with E-state index in [2.05, 4.69) is 38.3 Å². The molecule has 1 atom stereocenters. The van der Waals surface area contributed by atoms with Crippen molar-refractivity contribution in [3.05, 3.63) is 56.4 Å². The molecule has 1 unspecified atom stereocenters. The van der Waals surface area contributed by atoms with Gasteiger partial charge >= 0.3 is 0 Å². The molecule has 1 saturated carbocycles. The van der Waals surface area contributed by atoms with Crippen LogP contribution in [0.25, 0.3) is 0 Å². The minimum atomic E-state index is -0.224. The van der Waals surface area contributed by atoms with Crippen LogP contribution in [0.2, 0.25) is 0 Å². The lowest BCUT2D eigenvalue weighted by molar-refractivity contribution is 0.183. The lowest BCUT2D eigenvalue weighted by Crippen LogP contribution is -2.35. The van der Waals surface area contributed by atoms with Crippen molar-refractivity contribution < 1.29 is 4.39 Å². The number of hydrogen-bond acceptors (Lipinski definition) is 3. The van der Waals surface area contributed by atoms with Crippen LogP contribution in [0.4, 0.5) is 4.39 Å². The van der Waals surface area contributed by atoms with Gasteiger partial charge in [-0.1, -0.05) is 28.1 Å². The Kier molecular flexibility index (Phi) is 4.74. The lowest BCUT2D eigenvalue weighted by atomic mass is 10.0. The quantitative estimate of drug-likeness (QED) is 0.822. The van der Waals surface area contributed by atoms with Crippen LogP contribution in [0.3, 0.4) is 0 Å². The molecule has 1 aromatic heterocycles. The van der Waals surface area contributed by atoms with E-state index in [0.717, 1.165) is 16.6 Å². The van der Waals surface area contributed by atoms with E-state index < -0.39 is 0 Å². The van der Waals surface area contributed by atoms with Crippen molar-refractivity contribution in [3.63, 3.8) is 0 Å². The highest BCUT2D eigenvalue weighted by atomic mass is 79.9. The third kappa shape index (κ3) is 3.54. The lowest BCUT2D eigenvalue weighted by Gasteiger charge is -2.31. The molecule has 0 aliphatic heterocycles. The van der Waals surface area contributed by atoms with Gasteiger partial charge in [0, 0.05) is 34.5 Å². The maximum atomic E-state index is 13.3. The highest BCUT2D eigenvalue weighted by molar-refractivity contribution is 9.10. The first-order valence-corrected chi connectivity index (χ1v) is 8.79. The molecule has 2 nitrogen and oxygen atoms in total. The Morgan fingerprint density at radius 1 is 1.38 bits per heavy atom. The number of nitrogens with two attached hydrogens (primary N) is 1. The number of rotatable bonds is 6. The summed E-state index contributed by atoms with van der Waals surface area (Å²) >= 11 is 5.26. The number of halogens is 2. The molecule has 1 aliphatic carbocycles. The summed E-state index contributed by atoms with van der Waals surface area (Å²) in [5, 5.41) is 2.10. The smallest absolute Gasteiger partial charge is 0.124 e. The fourth-order valence-corrected chi connectivity index (χ4v) is 4.02. The molecule has 0 amide bonds. The molecule has 1 fully saturated rings. The number of thiophene rings is 1. The van der Waals surface area contributed by atoms with Gasteiger partial charge in [-0.3, -0.25) is 4.90 Å². The molecule has 21 heavy (non-hydrogen) atoms. The van der Waals surface area contributed by atoms with E-state index in [1.165, 1.54) is 29.9 Å². The first-order chi connectivity index (χ1) is 10.2. The maximum Gasteiger partial charge on any atom is 0.124 e. The zero-order valence-corrected chi connectivity index (χ0v) is 14.0. The van der Waals surface area contributed by atoms with Gasteiger partial charge in [-0.15, -0.1) is 11.3 Å². The van der Waals surface area contributed by atoms with Gasteiger partial charge < -0.3 is 5.73 Å². The van der Waals surface area contributed by atoms with Crippen LogP contribution in [0.1, 0.15) is 29.3 Å². The van der Waals surface area contributed by atoms with Gasteiger partial charge in [0.05, 0.1) is 0 Å². The molecule has 2 N–H and O–H groups in total. The Bertz CT molecular complexity index is 598. The van der Waals surface area contributed by atoms with Crippen LogP contribution in [0.15, 0.2) is 40.2 Å². The third-order valence-electron chi connectivity index (χ3n) is 3.88. The minimum absolute atomic E-state index is 0.120. The fraction of sp³-hybridized carbons (Fsp3) is 0.375. The van der Waals surface area contributed by atoms with E-state index >= 15 is 0 Å². The van der Waals surface area contributed by atoms with Crippen molar-refractivity contribution in [2.45, 2.75) is 31.5 Å². The second-order valence-corrected chi connectivity index (χ2v) is 7.29. The van der Waals surface area contributed by atoms with E-state index in [0.29, 0.717) is 12.6 Å². The monoisotopic (exact) mass is 368 g/mol. The van der Waals surface area contributed by atoms with Gasteiger partial charge in [0.2, 0.25) is 0 Å². The number of hydrogen-bond donors (Lipinski definition) is 1. The Hall–Kier alpha value is -0.750. The van der Waals surface area contributed by atoms with E-state index in [1.807, 2.05) is 6.07 Å². The summed E-state index contributed by atoms with van der Waals surface area (Å²) in [6, 6.07) is 9.84. The van der Waals surface area contributed by atoms with E-state index in [4.69, 9.17) is 5.73 Å². The summed E-state index contributed by atoms with van der Waals surface area (Å²) in [6.07, 6.45) is 2.45. The molecule has 112 valence electrons. The second kappa shape index (κ2) is 6.57. The maximum absolute atomic E-state index is 13.3. The number of nitrogens with zero attached hydrogens (tertiary/aromatic N) is 1. The van der Waals surface area contributed by atoms with Gasteiger partial charge in [0.25, 0.3) is 0 Å². The van der Waals surface area contributed by atoms with Crippen LogP contribution in [-0.4, -0.2) is 17.5 Å². The van der Waals surface area contributed by atoms with Crippen LogP contribution < -0.4 is 5.73 Å². The van der Waals surface area contributed by atoms with Gasteiger partial charge in [-0.2, -0.15) is 0 Å². The average Bonchev–Trinajstić information content (AvgIpc) is 3.18. The van der Waals surface area contributed by atoms with Gasteiger partial charge in [-0.05, 0) is 42.0 Å². The molecule has 1 aliphatic rings. The van der Waals surface area contributed by atoms with Crippen LogP contribution in [0, 0.1) is 5.82 Å². The Morgan fingerprint density at radius 3 is 2.76 bits per heavy atom. The highest BCUT2D eigenvalue weighted by Crippen LogP contribution is 2.38. The first kappa shape index (κ1) is 15.2. The highest BCUT2D eigenvalue weighted by Gasteiger charge is 2.34. The van der Waals surface area contributed by atoms with E-state index in [9.17, 15) is 4.39 Å². The van der Waals surface area contributed by atoms with E-state index in [-0.39, 0.29) is 11.9 Å². The molecule has 0 bridgehead atoms. The van der Waals surface area contributed by atoms with Crippen LogP contribution >= 0.6 is 27.3 Å².